The lowest BCUT2D eigenvalue weighted by atomic mass is 9.88. The van der Waals surface area contributed by atoms with Crippen molar-refractivity contribution in [2.75, 3.05) is 6.26 Å². The topological polar surface area (TPSA) is 43.4 Å². The highest BCUT2D eigenvalue weighted by Gasteiger charge is 2.25. The third-order valence-electron chi connectivity index (χ3n) is 3.22. The van der Waals surface area contributed by atoms with E-state index in [-0.39, 0.29) is 5.92 Å². The molecule has 1 atom stereocenters. The molecule has 21 heavy (non-hydrogen) atoms. The zero-order valence-electron chi connectivity index (χ0n) is 13.6. The Kier molecular flexibility index (Phi) is 8.52. The molecule has 0 N–H and O–H groups in total. The van der Waals surface area contributed by atoms with Gasteiger partial charge in [-0.15, -0.1) is 0 Å². The Morgan fingerprint density at radius 1 is 1.38 bits per heavy atom. The van der Waals surface area contributed by atoms with Crippen LogP contribution in [0, 0.1) is 5.92 Å². The van der Waals surface area contributed by atoms with Crippen molar-refractivity contribution in [1.82, 2.24) is 0 Å². The minimum absolute atomic E-state index is 0.282. The Morgan fingerprint density at radius 3 is 2.38 bits per heavy atom. The third kappa shape index (κ3) is 9.88. The van der Waals surface area contributed by atoms with Crippen LogP contribution < -0.4 is 0 Å². The summed E-state index contributed by atoms with van der Waals surface area (Å²) in [6.45, 7) is 11.6. The van der Waals surface area contributed by atoms with E-state index in [1.165, 1.54) is 0 Å². The van der Waals surface area contributed by atoms with Crippen LogP contribution in [-0.4, -0.2) is 20.3 Å². The van der Waals surface area contributed by atoms with Crippen LogP contribution in [-0.2, 0) is 14.3 Å². The third-order valence-corrected chi connectivity index (χ3v) is 4.32. The lowest BCUT2D eigenvalue weighted by molar-refractivity contribution is 0.102. The van der Waals surface area contributed by atoms with Gasteiger partial charge in [-0.05, 0) is 52.0 Å². The number of allylic oxidation sites excluding steroid dienone is 5. The quantitative estimate of drug-likeness (QED) is 0.449. The van der Waals surface area contributed by atoms with Crippen molar-refractivity contribution >= 4 is 21.7 Å². The van der Waals surface area contributed by atoms with E-state index < -0.39 is 15.7 Å². The molecule has 0 spiro atoms. The highest BCUT2D eigenvalue weighted by Crippen LogP contribution is 2.27. The first-order chi connectivity index (χ1) is 9.50. The summed E-state index contributed by atoms with van der Waals surface area (Å²) in [5.74, 6) is 0.282. The average molecular weight is 335 g/mol. The van der Waals surface area contributed by atoms with E-state index in [9.17, 15) is 8.42 Å². The molecule has 122 valence electrons. The first-order valence-electron chi connectivity index (χ1n) is 7.10. The first-order valence-corrected chi connectivity index (χ1v) is 9.29. The summed E-state index contributed by atoms with van der Waals surface area (Å²) < 4.78 is 27.6. The number of rotatable bonds is 9. The SMILES string of the molecule is C=C(C=CC(Cl)=CC)C(CC)CCC(C)(C)OS(C)(=O)=O. The fourth-order valence-corrected chi connectivity index (χ4v) is 3.01. The van der Waals surface area contributed by atoms with E-state index in [0.29, 0.717) is 11.5 Å². The van der Waals surface area contributed by atoms with Crippen molar-refractivity contribution in [3.8, 4) is 0 Å². The molecule has 0 amide bonds. The molecule has 0 aromatic rings. The Labute approximate surface area is 134 Å². The van der Waals surface area contributed by atoms with E-state index in [1.807, 2.05) is 25.2 Å². The van der Waals surface area contributed by atoms with E-state index in [2.05, 4.69) is 13.5 Å². The van der Waals surface area contributed by atoms with Gasteiger partial charge < -0.3 is 0 Å². The minimum atomic E-state index is -3.44. The van der Waals surface area contributed by atoms with E-state index in [0.717, 1.165) is 24.7 Å². The predicted molar refractivity (Wildman–Crippen MR) is 90.9 cm³/mol. The minimum Gasteiger partial charge on any atom is -0.264 e. The van der Waals surface area contributed by atoms with Crippen molar-refractivity contribution in [3.05, 3.63) is 35.4 Å². The van der Waals surface area contributed by atoms with Gasteiger partial charge in [0.2, 0.25) is 0 Å². The molecule has 3 nitrogen and oxygen atoms in total. The fraction of sp³-hybridized carbons (Fsp3) is 0.625. The summed E-state index contributed by atoms with van der Waals surface area (Å²) in [5, 5.41) is 0.673. The molecule has 0 fully saturated rings. The summed E-state index contributed by atoms with van der Waals surface area (Å²) in [5.41, 5.74) is 0.291. The van der Waals surface area contributed by atoms with Crippen molar-refractivity contribution in [3.63, 3.8) is 0 Å². The molecule has 0 aliphatic rings. The second-order valence-electron chi connectivity index (χ2n) is 5.77. The molecular weight excluding hydrogens is 308 g/mol. The molecule has 0 heterocycles. The molecule has 1 unspecified atom stereocenters. The fourth-order valence-electron chi connectivity index (χ4n) is 2.04. The summed E-state index contributed by atoms with van der Waals surface area (Å²) in [7, 11) is -3.44. The van der Waals surface area contributed by atoms with Crippen molar-refractivity contribution in [2.24, 2.45) is 5.92 Å². The van der Waals surface area contributed by atoms with Crippen LogP contribution in [0.3, 0.4) is 0 Å². The van der Waals surface area contributed by atoms with Crippen LogP contribution in [0.4, 0.5) is 0 Å². The highest BCUT2D eigenvalue weighted by atomic mass is 35.5. The van der Waals surface area contributed by atoms with Crippen molar-refractivity contribution in [1.29, 1.82) is 0 Å². The maximum atomic E-state index is 11.2. The smallest absolute Gasteiger partial charge is 0.264 e. The highest BCUT2D eigenvalue weighted by molar-refractivity contribution is 7.86. The Morgan fingerprint density at radius 2 is 1.95 bits per heavy atom. The van der Waals surface area contributed by atoms with Gasteiger partial charge in [0.15, 0.2) is 0 Å². The van der Waals surface area contributed by atoms with Gasteiger partial charge in [0.1, 0.15) is 0 Å². The number of halogens is 1. The van der Waals surface area contributed by atoms with Crippen LogP contribution in [0.1, 0.15) is 47.0 Å². The van der Waals surface area contributed by atoms with Gasteiger partial charge >= 0.3 is 0 Å². The van der Waals surface area contributed by atoms with Crippen molar-refractivity contribution in [2.45, 2.75) is 52.6 Å². The van der Waals surface area contributed by atoms with Gasteiger partial charge in [-0.25, -0.2) is 0 Å². The molecule has 0 saturated carbocycles. The molecule has 0 aliphatic heterocycles. The zero-order valence-corrected chi connectivity index (χ0v) is 15.2. The molecule has 0 saturated heterocycles. The predicted octanol–water partition coefficient (Wildman–Crippen LogP) is 4.80. The summed E-state index contributed by atoms with van der Waals surface area (Å²) in [6, 6.07) is 0. The molecule has 0 aliphatic carbocycles. The average Bonchev–Trinajstić information content (AvgIpc) is 2.33. The molecule has 0 aromatic carbocycles. The second kappa shape index (κ2) is 8.76. The van der Waals surface area contributed by atoms with Crippen LogP contribution >= 0.6 is 11.6 Å². The van der Waals surface area contributed by atoms with Crippen molar-refractivity contribution < 1.29 is 12.6 Å². The lowest BCUT2D eigenvalue weighted by Gasteiger charge is -2.26. The van der Waals surface area contributed by atoms with Crippen LogP contribution in [0.5, 0.6) is 0 Å². The van der Waals surface area contributed by atoms with Gasteiger partial charge in [-0.3, -0.25) is 4.18 Å². The van der Waals surface area contributed by atoms with E-state index in [1.54, 1.807) is 13.8 Å². The molecule has 0 bridgehead atoms. The lowest BCUT2D eigenvalue weighted by Crippen LogP contribution is -2.28. The Balaban J connectivity index is 4.65. The Hall–Kier alpha value is -0.580. The molecule has 5 heteroatoms. The van der Waals surface area contributed by atoms with Gasteiger partial charge in [0, 0.05) is 5.03 Å². The zero-order chi connectivity index (χ0) is 16.7. The first kappa shape index (κ1) is 20.4. The standard InChI is InChI=1S/C16H27ClO3S/c1-7-14(13(3)9-10-15(17)8-2)11-12-16(4,5)20-21(6,18)19/h8-10,14H,3,7,11-12H2,1-2,4-6H3. The molecule has 0 rings (SSSR count). The second-order valence-corrected chi connectivity index (χ2v) is 7.78. The number of hydrogen-bond donors (Lipinski definition) is 0. The molecule has 0 aromatic heterocycles. The van der Waals surface area contributed by atoms with Crippen LogP contribution in [0.2, 0.25) is 0 Å². The van der Waals surface area contributed by atoms with Gasteiger partial charge in [-0.2, -0.15) is 8.42 Å². The largest absolute Gasteiger partial charge is 0.264 e. The summed E-state index contributed by atoms with van der Waals surface area (Å²) in [6.07, 6.45) is 9.03. The molecule has 0 radical (unpaired) electrons. The van der Waals surface area contributed by atoms with Gasteiger partial charge in [-0.1, -0.05) is 42.8 Å². The van der Waals surface area contributed by atoms with E-state index >= 15 is 0 Å². The molecular formula is C16H27ClO3S. The van der Waals surface area contributed by atoms with Gasteiger partial charge in [0.25, 0.3) is 10.1 Å². The maximum absolute atomic E-state index is 11.2. The van der Waals surface area contributed by atoms with Crippen LogP contribution in [0.15, 0.2) is 35.4 Å². The van der Waals surface area contributed by atoms with Gasteiger partial charge in [0.05, 0.1) is 11.9 Å². The maximum Gasteiger partial charge on any atom is 0.264 e. The van der Waals surface area contributed by atoms with E-state index in [4.69, 9.17) is 15.8 Å². The summed E-state index contributed by atoms with van der Waals surface area (Å²) >= 11 is 5.93. The Bertz CT molecular complexity index is 502. The summed E-state index contributed by atoms with van der Waals surface area (Å²) in [4.78, 5) is 0. The monoisotopic (exact) mass is 334 g/mol. The number of hydrogen-bond acceptors (Lipinski definition) is 3. The normalized spacial score (nSPS) is 15.4. The van der Waals surface area contributed by atoms with Crippen LogP contribution in [0.25, 0.3) is 0 Å².